The Morgan fingerprint density at radius 3 is 2.58 bits per heavy atom. The lowest BCUT2D eigenvalue weighted by Gasteiger charge is -2.04. The van der Waals surface area contributed by atoms with E-state index in [0.29, 0.717) is 17.2 Å². The van der Waals surface area contributed by atoms with Crippen molar-refractivity contribution >= 4 is 40.0 Å². The second kappa shape index (κ2) is 7.55. The number of thiophene rings is 1. The average Bonchev–Trinajstić information content (AvgIpc) is 2.65. The number of carbonyl (C=O) groups is 2. The van der Waals surface area contributed by atoms with Crippen molar-refractivity contribution in [3.05, 3.63) is 16.0 Å². The standard InChI is InChI=1S/C13H19NO3S2/c1-4-6-18-7-10(15)14-12-11(13(16)17)9(5-2)8(3)19-12/h4-7H2,1-3H3,(H,14,15)(H,16,17). The first kappa shape index (κ1) is 16.0. The molecule has 0 spiro atoms. The van der Waals surface area contributed by atoms with Crippen LogP contribution in [-0.4, -0.2) is 28.5 Å². The van der Waals surface area contributed by atoms with Crippen LogP contribution in [0.5, 0.6) is 0 Å². The highest BCUT2D eigenvalue weighted by Crippen LogP contribution is 2.33. The van der Waals surface area contributed by atoms with Crippen LogP contribution >= 0.6 is 23.1 Å². The number of aryl methyl sites for hydroxylation is 1. The summed E-state index contributed by atoms with van der Waals surface area (Å²) in [5.74, 6) is 0.191. The molecule has 1 aromatic heterocycles. The first-order chi connectivity index (χ1) is 9.01. The van der Waals surface area contributed by atoms with Crippen molar-refractivity contribution in [3.8, 4) is 0 Å². The second-order valence-corrected chi connectivity index (χ2v) is 6.43. The van der Waals surface area contributed by atoms with E-state index in [1.807, 2.05) is 13.8 Å². The Balaban J connectivity index is 2.83. The van der Waals surface area contributed by atoms with E-state index in [2.05, 4.69) is 12.2 Å². The van der Waals surface area contributed by atoms with Gasteiger partial charge in [-0.25, -0.2) is 4.79 Å². The predicted octanol–water partition coefficient (Wildman–Crippen LogP) is 3.40. The minimum absolute atomic E-state index is 0.134. The molecule has 19 heavy (non-hydrogen) atoms. The van der Waals surface area contributed by atoms with Gasteiger partial charge in [0.1, 0.15) is 5.00 Å². The molecule has 0 radical (unpaired) electrons. The maximum absolute atomic E-state index is 11.8. The van der Waals surface area contributed by atoms with Crippen LogP contribution in [0, 0.1) is 6.92 Å². The molecule has 0 aliphatic heterocycles. The van der Waals surface area contributed by atoms with Gasteiger partial charge in [-0.05, 0) is 31.1 Å². The molecule has 0 bridgehead atoms. The van der Waals surface area contributed by atoms with Crippen molar-refractivity contribution in [1.29, 1.82) is 0 Å². The van der Waals surface area contributed by atoms with Crippen LogP contribution in [0.4, 0.5) is 5.00 Å². The monoisotopic (exact) mass is 301 g/mol. The summed E-state index contributed by atoms with van der Waals surface area (Å²) < 4.78 is 0. The van der Waals surface area contributed by atoms with Gasteiger partial charge in [0, 0.05) is 4.88 Å². The average molecular weight is 301 g/mol. The Morgan fingerprint density at radius 1 is 1.37 bits per heavy atom. The van der Waals surface area contributed by atoms with Crippen LogP contribution in [-0.2, 0) is 11.2 Å². The van der Waals surface area contributed by atoms with Gasteiger partial charge < -0.3 is 10.4 Å². The zero-order valence-corrected chi connectivity index (χ0v) is 13.0. The van der Waals surface area contributed by atoms with E-state index in [1.54, 1.807) is 11.8 Å². The summed E-state index contributed by atoms with van der Waals surface area (Å²) >= 11 is 2.90. The van der Waals surface area contributed by atoms with Crippen LogP contribution in [0.1, 0.15) is 41.1 Å². The maximum Gasteiger partial charge on any atom is 0.339 e. The summed E-state index contributed by atoms with van der Waals surface area (Å²) in [7, 11) is 0. The number of rotatable bonds is 7. The minimum atomic E-state index is -0.974. The summed E-state index contributed by atoms with van der Waals surface area (Å²) in [4.78, 5) is 24.0. The SMILES string of the molecule is CCCSCC(=O)Nc1sc(C)c(CC)c1C(=O)O. The summed E-state index contributed by atoms with van der Waals surface area (Å²) in [5.41, 5.74) is 1.06. The predicted molar refractivity (Wildman–Crippen MR) is 81.6 cm³/mol. The van der Waals surface area contributed by atoms with Crippen LogP contribution < -0.4 is 5.32 Å². The van der Waals surface area contributed by atoms with E-state index in [1.165, 1.54) is 11.3 Å². The molecule has 0 saturated heterocycles. The van der Waals surface area contributed by atoms with Gasteiger partial charge in [-0.15, -0.1) is 11.3 Å². The fourth-order valence-electron chi connectivity index (χ4n) is 1.79. The minimum Gasteiger partial charge on any atom is -0.478 e. The first-order valence-corrected chi connectivity index (χ1v) is 8.21. The third-order valence-electron chi connectivity index (χ3n) is 2.61. The van der Waals surface area contributed by atoms with E-state index in [0.717, 1.165) is 22.6 Å². The number of hydrogen-bond acceptors (Lipinski definition) is 4. The molecule has 2 N–H and O–H groups in total. The molecule has 0 fully saturated rings. The van der Waals surface area contributed by atoms with Crippen molar-refractivity contribution in [1.82, 2.24) is 0 Å². The van der Waals surface area contributed by atoms with Gasteiger partial charge in [0.2, 0.25) is 5.91 Å². The normalized spacial score (nSPS) is 10.5. The Kier molecular flexibility index (Phi) is 6.37. The number of carbonyl (C=O) groups excluding carboxylic acids is 1. The van der Waals surface area contributed by atoms with Gasteiger partial charge in [-0.3, -0.25) is 4.79 Å². The highest BCUT2D eigenvalue weighted by atomic mass is 32.2. The molecular formula is C13H19NO3S2. The largest absolute Gasteiger partial charge is 0.478 e. The number of hydrogen-bond donors (Lipinski definition) is 2. The van der Waals surface area contributed by atoms with E-state index >= 15 is 0 Å². The Bertz CT molecular complexity index is 469. The highest BCUT2D eigenvalue weighted by Gasteiger charge is 2.21. The van der Waals surface area contributed by atoms with E-state index in [-0.39, 0.29) is 11.5 Å². The second-order valence-electron chi connectivity index (χ2n) is 4.10. The number of nitrogens with one attached hydrogen (secondary N) is 1. The number of anilines is 1. The van der Waals surface area contributed by atoms with Crippen molar-refractivity contribution < 1.29 is 14.7 Å². The molecule has 0 aromatic carbocycles. The van der Waals surface area contributed by atoms with E-state index in [9.17, 15) is 14.7 Å². The van der Waals surface area contributed by atoms with Gasteiger partial charge in [-0.1, -0.05) is 13.8 Å². The van der Waals surface area contributed by atoms with Crippen molar-refractivity contribution in [2.45, 2.75) is 33.6 Å². The molecule has 4 nitrogen and oxygen atoms in total. The van der Waals surface area contributed by atoms with Crippen LogP contribution in [0.25, 0.3) is 0 Å². The van der Waals surface area contributed by atoms with Crippen LogP contribution in [0.3, 0.4) is 0 Å². The molecule has 0 saturated carbocycles. The molecule has 0 aliphatic rings. The zero-order chi connectivity index (χ0) is 14.4. The van der Waals surface area contributed by atoms with Gasteiger partial charge >= 0.3 is 5.97 Å². The van der Waals surface area contributed by atoms with Gasteiger partial charge in [0.15, 0.2) is 0 Å². The summed E-state index contributed by atoms with van der Waals surface area (Å²) in [5, 5.41) is 12.5. The Labute approximate surface area is 121 Å². The number of thioether (sulfide) groups is 1. The summed E-state index contributed by atoms with van der Waals surface area (Å²) in [6, 6.07) is 0. The van der Waals surface area contributed by atoms with Crippen molar-refractivity contribution in [3.63, 3.8) is 0 Å². The maximum atomic E-state index is 11.8. The molecular weight excluding hydrogens is 282 g/mol. The molecule has 1 heterocycles. The lowest BCUT2D eigenvalue weighted by molar-refractivity contribution is -0.113. The lowest BCUT2D eigenvalue weighted by atomic mass is 10.1. The quantitative estimate of drug-likeness (QED) is 0.758. The fraction of sp³-hybridized carbons (Fsp3) is 0.538. The Morgan fingerprint density at radius 2 is 2.05 bits per heavy atom. The van der Waals surface area contributed by atoms with Crippen LogP contribution in [0.2, 0.25) is 0 Å². The third-order valence-corrected chi connectivity index (χ3v) is 4.84. The summed E-state index contributed by atoms with van der Waals surface area (Å²) in [6.07, 6.45) is 1.68. The smallest absolute Gasteiger partial charge is 0.339 e. The first-order valence-electron chi connectivity index (χ1n) is 6.24. The number of aromatic carboxylic acids is 1. The molecule has 1 rings (SSSR count). The number of carboxylic acid groups (broad SMARTS) is 1. The van der Waals surface area contributed by atoms with Gasteiger partial charge in [0.25, 0.3) is 0 Å². The van der Waals surface area contributed by atoms with Crippen molar-refractivity contribution in [2.75, 3.05) is 16.8 Å². The zero-order valence-electron chi connectivity index (χ0n) is 11.4. The number of carboxylic acids is 1. The molecule has 6 heteroatoms. The molecule has 0 aliphatic carbocycles. The van der Waals surface area contributed by atoms with E-state index < -0.39 is 5.97 Å². The van der Waals surface area contributed by atoms with Gasteiger partial charge in [-0.2, -0.15) is 11.8 Å². The highest BCUT2D eigenvalue weighted by molar-refractivity contribution is 7.99. The van der Waals surface area contributed by atoms with Gasteiger partial charge in [0.05, 0.1) is 11.3 Å². The number of amides is 1. The molecule has 1 amide bonds. The summed E-state index contributed by atoms with van der Waals surface area (Å²) in [6.45, 7) is 5.87. The molecule has 1 aromatic rings. The van der Waals surface area contributed by atoms with Crippen LogP contribution in [0.15, 0.2) is 0 Å². The molecule has 0 atom stereocenters. The van der Waals surface area contributed by atoms with Crippen molar-refractivity contribution in [2.24, 2.45) is 0 Å². The molecule has 0 unspecified atom stereocenters. The fourth-order valence-corrected chi connectivity index (χ4v) is 3.63. The Hall–Kier alpha value is -1.01. The lowest BCUT2D eigenvalue weighted by Crippen LogP contribution is -2.15. The molecule has 106 valence electrons. The third kappa shape index (κ3) is 4.24. The van der Waals surface area contributed by atoms with E-state index in [4.69, 9.17) is 0 Å². The topological polar surface area (TPSA) is 66.4 Å².